The van der Waals surface area contributed by atoms with Gasteiger partial charge in [0.2, 0.25) is 10.0 Å². The molecule has 5 nitrogen and oxygen atoms in total. The van der Waals surface area contributed by atoms with E-state index in [2.05, 4.69) is 10.2 Å². The third-order valence-electron chi connectivity index (χ3n) is 4.68. The first kappa shape index (κ1) is 19.9. The Kier molecular flexibility index (Phi) is 7.34. The second-order valence-corrected chi connectivity index (χ2v) is 8.60. The Labute approximate surface area is 155 Å². The Morgan fingerprint density at radius 1 is 1.29 bits per heavy atom. The molecule has 1 aromatic rings. The van der Waals surface area contributed by atoms with Crippen LogP contribution >= 0.6 is 24.0 Å². The molecule has 3 rings (SSSR count). The zero-order chi connectivity index (χ0) is 16.3. The second-order valence-electron chi connectivity index (χ2n) is 6.27. The summed E-state index contributed by atoms with van der Waals surface area (Å²) in [6.07, 6.45) is 3.29. The number of likely N-dealkylation sites (tertiary alicyclic amines) is 1. The lowest BCUT2D eigenvalue weighted by molar-refractivity contribution is 0.265. The van der Waals surface area contributed by atoms with Crippen LogP contribution in [0.3, 0.4) is 0 Å². The highest BCUT2D eigenvalue weighted by atomic mass is 35.5. The van der Waals surface area contributed by atoms with E-state index in [1.54, 1.807) is 28.6 Å². The average molecular weight is 394 g/mol. The fourth-order valence-electron chi connectivity index (χ4n) is 3.39. The Balaban J connectivity index is 0.00000208. The molecule has 8 heteroatoms. The van der Waals surface area contributed by atoms with Gasteiger partial charge in [-0.3, -0.25) is 0 Å². The molecule has 1 aromatic carbocycles. The SMILES string of the molecule is Cl.O=S(=O)(c1cccc(Cl)c1)N(CCN1CCCC1)C1CCNC1. The van der Waals surface area contributed by atoms with E-state index in [1.807, 2.05) is 0 Å². The number of hydrogen-bond acceptors (Lipinski definition) is 4. The largest absolute Gasteiger partial charge is 0.315 e. The summed E-state index contributed by atoms with van der Waals surface area (Å²) in [5.41, 5.74) is 0. The first-order valence-corrected chi connectivity index (χ1v) is 10.1. The topological polar surface area (TPSA) is 52.7 Å². The molecule has 0 spiro atoms. The minimum Gasteiger partial charge on any atom is -0.315 e. The minimum atomic E-state index is -3.52. The highest BCUT2D eigenvalue weighted by Crippen LogP contribution is 2.23. The maximum absolute atomic E-state index is 13.1. The van der Waals surface area contributed by atoms with Gasteiger partial charge in [0.15, 0.2) is 0 Å². The predicted octanol–water partition coefficient (Wildman–Crippen LogP) is 2.21. The summed E-state index contributed by atoms with van der Waals surface area (Å²) in [6.45, 7) is 5.09. The fourth-order valence-corrected chi connectivity index (χ4v) is 5.34. The van der Waals surface area contributed by atoms with Gasteiger partial charge in [-0.1, -0.05) is 17.7 Å². The molecule has 136 valence electrons. The number of rotatable bonds is 6. The van der Waals surface area contributed by atoms with Crippen LogP contribution in [0.5, 0.6) is 0 Å². The highest BCUT2D eigenvalue weighted by Gasteiger charge is 2.33. The van der Waals surface area contributed by atoms with Crippen LogP contribution in [0.1, 0.15) is 19.3 Å². The van der Waals surface area contributed by atoms with Gasteiger partial charge in [0.1, 0.15) is 0 Å². The summed E-state index contributed by atoms with van der Waals surface area (Å²) < 4.78 is 27.9. The van der Waals surface area contributed by atoms with E-state index >= 15 is 0 Å². The van der Waals surface area contributed by atoms with Crippen molar-refractivity contribution in [1.82, 2.24) is 14.5 Å². The van der Waals surface area contributed by atoms with Gasteiger partial charge in [-0.05, 0) is 57.1 Å². The van der Waals surface area contributed by atoms with Gasteiger partial charge in [0, 0.05) is 30.7 Å². The summed E-state index contributed by atoms with van der Waals surface area (Å²) >= 11 is 5.99. The van der Waals surface area contributed by atoms with Crippen molar-refractivity contribution >= 4 is 34.0 Å². The number of halogens is 2. The molecule has 1 N–H and O–H groups in total. The monoisotopic (exact) mass is 393 g/mol. The molecular formula is C16H25Cl2N3O2S. The van der Waals surface area contributed by atoms with E-state index in [0.717, 1.165) is 39.1 Å². The van der Waals surface area contributed by atoms with Crippen molar-refractivity contribution in [3.05, 3.63) is 29.3 Å². The van der Waals surface area contributed by atoms with Crippen molar-refractivity contribution in [1.29, 1.82) is 0 Å². The summed E-state index contributed by atoms with van der Waals surface area (Å²) in [7, 11) is -3.52. The van der Waals surface area contributed by atoms with Gasteiger partial charge in [-0.15, -0.1) is 12.4 Å². The van der Waals surface area contributed by atoms with Crippen molar-refractivity contribution in [2.45, 2.75) is 30.2 Å². The van der Waals surface area contributed by atoms with Crippen molar-refractivity contribution in [2.24, 2.45) is 0 Å². The molecule has 0 amide bonds. The van der Waals surface area contributed by atoms with Gasteiger partial charge >= 0.3 is 0 Å². The lowest BCUT2D eigenvalue weighted by Crippen LogP contribution is -2.45. The first-order valence-electron chi connectivity index (χ1n) is 8.28. The quantitative estimate of drug-likeness (QED) is 0.804. The van der Waals surface area contributed by atoms with Crippen LogP contribution < -0.4 is 5.32 Å². The molecule has 0 aromatic heterocycles. The number of nitrogens with one attached hydrogen (secondary N) is 1. The zero-order valence-electron chi connectivity index (χ0n) is 13.7. The van der Waals surface area contributed by atoms with E-state index in [4.69, 9.17) is 11.6 Å². The van der Waals surface area contributed by atoms with E-state index in [9.17, 15) is 8.42 Å². The second kappa shape index (κ2) is 8.83. The first-order chi connectivity index (χ1) is 11.1. The van der Waals surface area contributed by atoms with Gasteiger partial charge < -0.3 is 10.2 Å². The van der Waals surface area contributed by atoms with Crippen LogP contribution in [0.2, 0.25) is 5.02 Å². The average Bonchev–Trinajstić information content (AvgIpc) is 3.20. The van der Waals surface area contributed by atoms with Crippen LogP contribution in [0.4, 0.5) is 0 Å². The Hall–Kier alpha value is -0.370. The summed E-state index contributed by atoms with van der Waals surface area (Å²) in [6, 6.07) is 6.60. The van der Waals surface area contributed by atoms with Crippen molar-refractivity contribution in [3.63, 3.8) is 0 Å². The van der Waals surface area contributed by atoms with E-state index in [-0.39, 0.29) is 18.4 Å². The van der Waals surface area contributed by atoms with Crippen molar-refractivity contribution in [3.8, 4) is 0 Å². The standard InChI is InChI=1S/C16H24ClN3O2S.ClH/c17-14-4-3-5-16(12-14)23(21,22)20(15-6-7-18-13-15)11-10-19-8-1-2-9-19;/h3-5,12,15,18H,1-2,6-11,13H2;1H. The van der Waals surface area contributed by atoms with E-state index in [0.29, 0.717) is 16.5 Å². The van der Waals surface area contributed by atoms with Crippen LogP contribution in [0.15, 0.2) is 29.2 Å². The predicted molar refractivity (Wildman–Crippen MR) is 99.5 cm³/mol. The molecule has 1 unspecified atom stereocenters. The third-order valence-corrected chi connectivity index (χ3v) is 6.86. The van der Waals surface area contributed by atoms with Gasteiger partial charge in [-0.2, -0.15) is 4.31 Å². The van der Waals surface area contributed by atoms with Crippen LogP contribution in [0.25, 0.3) is 0 Å². The Morgan fingerprint density at radius 3 is 2.67 bits per heavy atom. The van der Waals surface area contributed by atoms with Gasteiger partial charge in [-0.25, -0.2) is 8.42 Å². The third kappa shape index (κ3) is 4.62. The summed E-state index contributed by atoms with van der Waals surface area (Å²) in [4.78, 5) is 2.64. The molecule has 24 heavy (non-hydrogen) atoms. The molecule has 2 heterocycles. The fraction of sp³-hybridized carbons (Fsp3) is 0.625. The van der Waals surface area contributed by atoms with Crippen LogP contribution in [-0.4, -0.2) is 62.9 Å². The van der Waals surface area contributed by atoms with Crippen molar-refractivity contribution in [2.75, 3.05) is 39.3 Å². The molecule has 0 bridgehead atoms. The number of nitrogens with zero attached hydrogens (tertiary/aromatic N) is 2. The van der Waals surface area contributed by atoms with E-state index < -0.39 is 10.0 Å². The Bertz CT molecular complexity index is 630. The van der Waals surface area contributed by atoms with Gasteiger partial charge in [0.05, 0.1) is 4.90 Å². The lowest BCUT2D eigenvalue weighted by atomic mass is 10.2. The van der Waals surface area contributed by atoms with Gasteiger partial charge in [0.25, 0.3) is 0 Å². The highest BCUT2D eigenvalue weighted by molar-refractivity contribution is 7.89. The maximum Gasteiger partial charge on any atom is 0.243 e. The number of hydrogen-bond donors (Lipinski definition) is 1. The molecular weight excluding hydrogens is 369 g/mol. The van der Waals surface area contributed by atoms with Crippen molar-refractivity contribution < 1.29 is 8.42 Å². The van der Waals surface area contributed by atoms with Crippen LogP contribution in [-0.2, 0) is 10.0 Å². The minimum absolute atomic E-state index is 0. The maximum atomic E-state index is 13.1. The summed E-state index contributed by atoms with van der Waals surface area (Å²) in [5, 5.41) is 3.72. The Morgan fingerprint density at radius 2 is 2.04 bits per heavy atom. The molecule has 0 radical (unpaired) electrons. The molecule has 0 saturated carbocycles. The van der Waals surface area contributed by atoms with Crippen LogP contribution in [0, 0.1) is 0 Å². The molecule has 2 aliphatic rings. The lowest BCUT2D eigenvalue weighted by Gasteiger charge is -2.29. The number of sulfonamides is 1. The number of benzene rings is 1. The molecule has 2 saturated heterocycles. The molecule has 1 atom stereocenters. The zero-order valence-corrected chi connectivity index (χ0v) is 16.0. The molecule has 2 aliphatic heterocycles. The normalized spacial score (nSPS) is 22.0. The summed E-state index contributed by atoms with van der Waals surface area (Å²) in [5.74, 6) is 0. The smallest absolute Gasteiger partial charge is 0.243 e. The molecule has 2 fully saturated rings. The van der Waals surface area contributed by atoms with E-state index in [1.165, 1.54) is 12.8 Å². The molecule has 0 aliphatic carbocycles.